The van der Waals surface area contributed by atoms with Gasteiger partial charge >= 0.3 is 0 Å². The number of piperazine rings is 1. The zero-order chi connectivity index (χ0) is 16.6. The Morgan fingerprint density at radius 2 is 1.78 bits per heavy atom. The second-order valence-electron chi connectivity index (χ2n) is 6.35. The highest BCUT2D eigenvalue weighted by Crippen LogP contribution is 2.23. The summed E-state index contributed by atoms with van der Waals surface area (Å²) in [5.41, 5.74) is 1.69. The maximum atomic E-state index is 12.9. The Morgan fingerprint density at radius 1 is 1.13 bits per heavy atom. The van der Waals surface area contributed by atoms with Crippen molar-refractivity contribution < 1.29 is 13.2 Å². The first-order chi connectivity index (χ1) is 10.9. The zero-order valence-corrected chi connectivity index (χ0v) is 14.4. The van der Waals surface area contributed by atoms with Crippen molar-refractivity contribution in [3.8, 4) is 0 Å². The van der Waals surface area contributed by atoms with Gasteiger partial charge in [0.15, 0.2) is 0 Å². The highest BCUT2D eigenvalue weighted by atomic mass is 32.2. The molecule has 0 unspecified atom stereocenters. The van der Waals surface area contributed by atoms with Crippen molar-refractivity contribution in [2.45, 2.75) is 18.7 Å². The van der Waals surface area contributed by atoms with E-state index in [9.17, 15) is 13.2 Å². The Morgan fingerprint density at radius 3 is 2.35 bits per heavy atom. The predicted molar refractivity (Wildman–Crippen MR) is 87.6 cm³/mol. The topological polar surface area (TPSA) is 69.7 Å². The van der Waals surface area contributed by atoms with E-state index < -0.39 is 10.0 Å². The lowest BCUT2D eigenvalue weighted by Gasteiger charge is -2.38. The predicted octanol–water partition coefficient (Wildman–Crippen LogP) is 0.356. The molecule has 1 amide bonds. The minimum Gasteiger partial charge on any atom is -0.340 e. The fraction of sp³-hybridized carbons (Fsp3) is 0.562. The van der Waals surface area contributed by atoms with Crippen LogP contribution in [0.2, 0.25) is 0 Å². The van der Waals surface area contributed by atoms with Gasteiger partial charge in [0.25, 0.3) is 0 Å². The number of rotatable bonds is 3. The number of carbonyl (C=O) groups is 1. The summed E-state index contributed by atoms with van der Waals surface area (Å²) in [4.78, 5) is 14.4. The van der Waals surface area contributed by atoms with Crippen LogP contribution in [0.25, 0.3) is 0 Å². The second-order valence-corrected chi connectivity index (χ2v) is 8.26. The third-order valence-electron chi connectivity index (χ3n) is 4.64. The summed E-state index contributed by atoms with van der Waals surface area (Å²) in [6.45, 7) is 6.85. The average molecular weight is 337 g/mol. The molecule has 2 heterocycles. The van der Waals surface area contributed by atoms with Gasteiger partial charge in [0, 0.05) is 39.3 Å². The number of amides is 1. The Balaban J connectivity index is 1.71. The number of nitrogens with zero attached hydrogens (tertiary/aromatic N) is 2. The third kappa shape index (κ3) is 3.13. The normalized spacial score (nSPS) is 20.3. The van der Waals surface area contributed by atoms with Crippen LogP contribution in [-0.4, -0.2) is 62.8 Å². The summed E-state index contributed by atoms with van der Waals surface area (Å²) in [5, 5.41) is 3.09. The summed E-state index contributed by atoms with van der Waals surface area (Å²) < 4.78 is 27.2. The van der Waals surface area contributed by atoms with Crippen LogP contribution in [0.15, 0.2) is 23.1 Å². The molecule has 1 aromatic rings. The minimum absolute atomic E-state index is 0.0668. The van der Waals surface area contributed by atoms with Crippen molar-refractivity contribution in [1.82, 2.24) is 14.5 Å². The van der Waals surface area contributed by atoms with Crippen LogP contribution in [0.3, 0.4) is 0 Å². The van der Waals surface area contributed by atoms with E-state index in [1.807, 2.05) is 26.0 Å². The third-order valence-corrected chi connectivity index (χ3v) is 6.68. The highest BCUT2D eigenvalue weighted by molar-refractivity contribution is 7.89. The number of hydrogen-bond acceptors (Lipinski definition) is 4. The van der Waals surface area contributed by atoms with Crippen molar-refractivity contribution in [3.05, 3.63) is 29.3 Å². The van der Waals surface area contributed by atoms with Gasteiger partial charge in [-0.1, -0.05) is 12.1 Å². The maximum absolute atomic E-state index is 12.9. The first-order valence-corrected chi connectivity index (χ1v) is 9.40. The van der Waals surface area contributed by atoms with Gasteiger partial charge in [-0.2, -0.15) is 4.31 Å². The molecule has 2 aliphatic rings. The highest BCUT2D eigenvalue weighted by Gasteiger charge is 2.34. The van der Waals surface area contributed by atoms with Crippen LogP contribution in [0, 0.1) is 19.8 Å². The number of nitrogens with one attached hydrogen (secondary N) is 1. The van der Waals surface area contributed by atoms with Gasteiger partial charge in [-0.05, 0) is 31.0 Å². The summed E-state index contributed by atoms with van der Waals surface area (Å²) in [6.07, 6.45) is 0. The molecular weight excluding hydrogens is 314 g/mol. The van der Waals surface area contributed by atoms with Crippen LogP contribution >= 0.6 is 0 Å². The Kier molecular flexibility index (Phi) is 4.44. The lowest BCUT2D eigenvalue weighted by Crippen LogP contribution is -2.57. The van der Waals surface area contributed by atoms with Crippen LogP contribution in [0.5, 0.6) is 0 Å². The molecule has 6 nitrogen and oxygen atoms in total. The summed E-state index contributed by atoms with van der Waals surface area (Å²) in [6, 6.07) is 5.48. The van der Waals surface area contributed by atoms with Crippen molar-refractivity contribution >= 4 is 15.9 Å². The van der Waals surface area contributed by atoms with E-state index >= 15 is 0 Å². The monoisotopic (exact) mass is 337 g/mol. The maximum Gasteiger partial charge on any atom is 0.243 e. The van der Waals surface area contributed by atoms with E-state index in [0.717, 1.165) is 24.2 Å². The first-order valence-electron chi connectivity index (χ1n) is 7.96. The van der Waals surface area contributed by atoms with E-state index in [1.165, 1.54) is 4.31 Å². The van der Waals surface area contributed by atoms with Crippen molar-refractivity contribution in [2.75, 3.05) is 39.3 Å². The number of sulfonamides is 1. The Labute approximate surface area is 137 Å². The molecule has 2 fully saturated rings. The molecule has 0 bridgehead atoms. The molecule has 0 aliphatic carbocycles. The number of carbonyl (C=O) groups excluding carboxylic acids is 1. The van der Waals surface area contributed by atoms with E-state index in [4.69, 9.17) is 0 Å². The molecule has 0 spiro atoms. The molecular formula is C16H23N3O3S. The summed E-state index contributed by atoms with van der Waals surface area (Å²) in [5.74, 6) is 0.213. The van der Waals surface area contributed by atoms with Crippen molar-refractivity contribution in [1.29, 1.82) is 0 Å². The molecule has 0 radical (unpaired) electrons. The van der Waals surface area contributed by atoms with Crippen LogP contribution in [0.1, 0.15) is 11.1 Å². The van der Waals surface area contributed by atoms with E-state index in [1.54, 1.807) is 11.0 Å². The van der Waals surface area contributed by atoms with E-state index in [2.05, 4.69) is 5.32 Å². The van der Waals surface area contributed by atoms with Gasteiger partial charge in [-0.15, -0.1) is 0 Å². The van der Waals surface area contributed by atoms with Gasteiger partial charge < -0.3 is 10.2 Å². The molecule has 2 saturated heterocycles. The molecule has 1 N–H and O–H groups in total. The van der Waals surface area contributed by atoms with Crippen molar-refractivity contribution in [3.63, 3.8) is 0 Å². The van der Waals surface area contributed by atoms with Gasteiger partial charge in [-0.3, -0.25) is 4.79 Å². The van der Waals surface area contributed by atoms with Crippen LogP contribution in [0.4, 0.5) is 0 Å². The van der Waals surface area contributed by atoms with Gasteiger partial charge in [0.1, 0.15) is 0 Å². The minimum atomic E-state index is -3.49. The molecule has 0 saturated carbocycles. The fourth-order valence-corrected chi connectivity index (χ4v) is 4.73. The van der Waals surface area contributed by atoms with E-state index in [-0.39, 0.29) is 11.8 Å². The summed E-state index contributed by atoms with van der Waals surface area (Å²) >= 11 is 0. The average Bonchev–Trinajstić information content (AvgIpc) is 2.48. The lowest BCUT2D eigenvalue weighted by atomic mass is 10.0. The molecule has 7 heteroatoms. The van der Waals surface area contributed by atoms with Crippen LogP contribution < -0.4 is 5.32 Å². The molecule has 2 aliphatic heterocycles. The molecule has 1 aromatic carbocycles. The molecule has 3 rings (SSSR count). The van der Waals surface area contributed by atoms with Gasteiger partial charge in [-0.25, -0.2) is 8.42 Å². The van der Waals surface area contributed by atoms with Crippen LogP contribution in [-0.2, 0) is 14.8 Å². The van der Waals surface area contributed by atoms with Gasteiger partial charge in [0.05, 0.1) is 10.8 Å². The fourth-order valence-electron chi connectivity index (χ4n) is 2.99. The molecule has 126 valence electrons. The zero-order valence-electron chi connectivity index (χ0n) is 13.6. The number of benzene rings is 1. The number of hydrogen-bond donors (Lipinski definition) is 1. The lowest BCUT2D eigenvalue weighted by molar-refractivity contribution is -0.138. The van der Waals surface area contributed by atoms with E-state index in [0.29, 0.717) is 31.1 Å². The quantitative estimate of drug-likeness (QED) is 0.864. The second kappa shape index (κ2) is 6.22. The van der Waals surface area contributed by atoms with Gasteiger partial charge in [0.2, 0.25) is 15.9 Å². The molecule has 0 aromatic heterocycles. The molecule has 0 atom stereocenters. The summed E-state index contributed by atoms with van der Waals surface area (Å²) in [7, 11) is -3.49. The smallest absolute Gasteiger partial charge is 0.243 e. The van der Waals surface area contributed by atoms with Crippen molar-refractivity contribution in [2.24, 2.45) is 5.92 Å². The number of aryl methyl sites for hydroxylation is 2. The molecule has 23 heavy (non-hydrogen) atoms. The standard InChI is InChI=1S/C16H23N3O3S/c1-12-3-4-13(2)15(9-12)23(21,22)19-7-5-18(6-8-19)16(20)14-10-17-11-14/h3-4,9,14,17H,5-8,10-11H2,1-2H3. The Hall–Kier alpha value is -1.44. The largest absolute Gasteiger partial charge is 0.340 e. The SMILES string of the molecule is Cc1ccc(C)c(S(=O)(=O)N2CCN(C(=O)C3CNC3)CC2)c1. The Bertz CT molecular complexity index is 705. The first kappa shape index (κ1) is 16.4.